The maximum absolute atomic E-state index is 12.6. The van der Waals surface area contributed by atoms with E-state index in [1.54, 1.807) is 11.3 Å². The van der Waals surface area contributed by atoms with E-state index in [0.717, 1.165) is 38.1 Å². The lowest BCUT2D eigenvalue weighted by molar-refractivity contribution is -0.127. The van der Waals surface area contributed by atoms with E-state index in [1.807, 2.05) is 12.4 Å². The predicted molar refractivity (Wildman–Crippen MR) is 88.2 cm³/mol. The van der Waals surface area contributed by atoms with E-state index in [0.29, 0.717) is 6.61 Å². The van der Waals surface area contributed by atoms with Gasteiger partial charge in [-0.25, -0.2) is 4.98 Å². The summed E-state index contributed by atoms with van der Waals surface area (Å²) in [4.78, 5) is 18.2. The summed E-state index contributed by atoms with van der Waals surface area (Å²) in [6, 6.07) is 4.38. The van der Waals surface area contributed by atoms with Crippen LogP contribution in [0.2, 0.25) is 0 Å². The van der Waals surface area contributed by atoms with Gasteiger partial charge in [0.15, 0.2) is 0 Å². The summed E-state index contributed by atoms with van der Waals surface area (Å²) in [6.45, 7) is 1.60. The molecule has 0 saturated carbocycles. The lowest BCUT2D eigenvalue weighted by Gasteiger charge is -2.31. The molecule has 1 fully saturated rings. The zero-order valence-electron chi connectivity index (χ0n) is 13.0. The van der Waals surface area contributed by atoms with Crippen LogP contribution in [0.3, 0.4) is 0 Å². The molecule has 1 N–H and O–H groups in total. The Morgan fingerprint density at radius 2 is 2.39 bits per heavy atom. The zero-order valence-corrected chi connectivity index (χ0v) is 13.8. The summed E-state index contributed by atoms with van der Waals surface area (Å²) in [7, 11) is 0. The molecule has 5 nitrogen and oxygen atoms in total. The molecule has 0 radical (unpaired) electrons. The molecule has 0 aromatic carbocycles. The van der Waals surface area contributed by atoms with Gasteiger partial charge in [-0.05, 0) is 30.7 Å². The Hall–Kier alpha value is -1.66. The van der Waals surface area contributed by atoms with E-state index in [2.05, 4.69) is 32.4 Å². The Labute approximate surface area is 139 Å². The first-order valence-corrected chi connectivity index (χ1v) is 9.13. The molecule has 4 heterocycles. The molecular formula is C17H21N3O2S. The molecule has 4 rings (SSSR count). The van der Waals surface area contributed by atoms with Crippen molar-refractivity contribution in [3.05, 3.63) is 40.6 Å². The van der Waals surface area contributed by atoms with Gasteiger partial charge >= 0.3 is 0 Å². The van der Waals surface area contributed by atoms with E-state index >= 15 is 0 Å². The highest BCUT2D eigenvalue weighted by atomic mass is 32.1. The number of nitrogens with one attached hydrogen (secondary N) is 1. The summed E-state index contributed by atoms with van der Waals surface area (Å²) in [6.07, 6.45) is 7.35. The molecule has 122 valence electrons. The third-order valence-corrected chi connectivity index (χ3v) is 5.78. The molecule has 3 atom stereocenters. The highest BCUT2D eigenvalue weighted by molar-refractivity contribution is 7.10. The van der Waals surface area contributed by atoms with Crippen LogP contribution >= 0.6 is 11.3 Å². The second-order valence-electron chi connectivity index (χ2n) is 6.33. The number of nitrogens with zero attached hydrogens (tertiary/aromatic N) is 2. The normalized spacial score (nSPS) is 27.4. The standard InChI is InChI=1S/C17H21N3O2S/c21-17(12-3-6-20-7-5-18-16(20)10-12)19-13-4-8-22-14(11-13)15-2-1-9-23-15/h1-2,5,7,9,12-14H,3-4,6,8,10-11H2,(H,19,21)/t12?,13-,14-/m1/s1. The van der Waals surface area contributed by atoms with Crippen LogP contribution in [0.5, 0.6) is 0 Å². The number of fused-ring (bicyclic) bond motifs is 1. The maximum Gasteiger partial charge on any atom is 0.223 e. The first kappa shape index (κ1) is 14.9. The smallest absolute Gasteiger partial charge is 0.223 e. The Morgan fingerprint density at radius 3 is 3.26 bits per heavy atom. The third-order valence-electron chi connectivity index (χ3n) is 4.81. The Bertz CT molecular complexity index is 667. The number of ether oxygens (including phenoxy) is 1. The molecule has 0 bridgehead atoms. The van der Waals surface area contributed by atoms with Crippen LogP contribution in [-0.4, -0.2) is 28.1 Å². The maximum atomic E-state index is 12.6. The van der Waals surface area contributed by atoms with Crippen LogP contribution in [0.4, 0.5) is 0 Å². The van der Waals surface area contributed by atoms with E-state index in [9.17, 15) is 4.79 Å². The van der Waals surface area contributed by atoms with E-state index in [4.69, 9.17) is 4.74 Å². The van der Waals surface area contributed by atoms with Gasteiger partial charge in [0.25, 0.3) is 0 Å². The number of amides is 1. The average molecular weight is 331 g/mol. The van der Waals surface area contributed by atoms with Crippen molar-refractivity contribution in [1.29, 1.82) is 0 Å². The number of carbonyl (C=O) groups is 1. The topological polar surface area (TPSA) is 56.1 Å². The number of aromatic nitrogens is 2. The van der Waals surface area contributed by atoms with Crippen LogP contribution in [0.25, 0.3) is 0 Å². The minimum atomic E-state index is 0.0490. The highest BCUT2D eigenvalue weighted by Crippen LogP contribution is 2.31. The third kappa shape index (κ3) is 3.19. The highest BCUT2D eigenvalue weighted by Gasteiger charge is 2.30. The summed E-state index contributed by atoms with van der Waals surface area (Å²) in [5.74, 6) is 1.25. The Morgan fingerprint density at radius 1 is 1.43 bits per heavy atom. The second kappa shape index (κ2) is 6.45. The van der Waals surface area contributed by atoms with Gasteiger partial charge in [0, 0.05) is 48.8 Å². The first-order valence-electron chi connectivity index (χ1n) is 8.25. The van der Waals surface area contributed by atoms with Crippen LogP contribution in [0.1, 0.15) is 36.1 Å². The average Bonchev–Trinajstić information content (AvgIpc) is 3.26. The number of imidazole rings is 1. The van der Waals surface area contributed by atoms with Crippen molar-refractivity contribution in [2.24, 2.45) is 5.92 Å². The van der Waals surface area contributed by atoms with Crippen molar-refractivity contribution in [2.75, 3.05) is 6.61 Å². The quantitative estimate of drug-likeness (QED) is 0.940. The predicted octanol–water partition coefficient (Wildman–Crippen LogP) is 2.54. The van der Waals surface area contributed by atoms with Crippen molar-refractivity contribution >= 4 is 17.2 Å². The van der Waals surface area contributed by atoms with Crippen LogP contribution in [0.15, 0.2) is 29.9 Å². The number of hydrogen-bond donors (Lipinski definition) is 1. The van der Waals surface area contributed by atoms with Gasteiger partial charge in [0.05, 0.1) is 6.10 Å². The fourth-order valence-electron chi connectivity index (χ4n) is 3.49. The number of hydrogen-bond acceptors (Lipinski definition) is 4. The van der Waals surface area contributed by atoms with Gasteiger partial charge in [-0.15, -0.1) is 11.3 Å². The molecule has 1 saturated heterocycles. The molecule has 2 aromatic rings. The molecular weight excluding hydrogens is 310 g/mol. The number of carbonyl (C=O) groups excluding carboxylic acids is 1. The number of rotatable bonds is 3. The van der Waals surface area contributed by atoms with Crippen LogP contribution < -0.4 is 5.32 Å². The number of aryl methyl sites for hydroxylation is 1. The fourth-order valence-corrected chi connectivity index (χ4v) is 4.28. The summed E-state index contributed by atoms with van der Waals surface area (Å²) in [5, 5.41) is 5.33. The van der Waals surface area contributed by atoms with Gasteiger partial charge in [-0.1, -0.05) is 6.07 Å². The molecule has 1 unspecified atom stereocenters. The van der Waals surface area contributed by atoms with Gasteiger partial charge in [-0.3, -0.25) is 4.79 Å². The van der Waals surface area contributed by atoms with Crippen molar-refractivity contribution in [3.8, 4) is 0 Å². The van der Waals surface area contributed by atoms with Gasteiger partial charge in [0.2, 0.25) is 5.91 Å². The molecule has 2 aliphatic heterocycles. The van der Waals surface area contributed by atoms with Crippen LogP contribution in [0, 0.1) is 5.92 Å². The lowest BCUT2D eigenvalue weighted by Crippen LogP contribution is -2.44. The Balaban J connectivity index is 1.35. The van der Waals surface area contributed by atoms with E-state index in [-0.39, 0.29) is 24.0 Å². The van der Waals surface area contributed by atoms with Crippen molar-refractivity contribution in [2.45, 2.75) is 44.4 Å². The molecule has 6 heteroatoms. The second-order valence-corrected chi connectivity index (χ2v) is 7.31. The zero-order chi connectivity index (χ0) is 15.6. The molecule has 0 aliphatic carbocycles. The minimum absolute atomic E-state index is 0.0490. The van der Waals surface area contributed by atoms with Gasteiger partial charge in [-0.2, -0.15) is 0 Å². The monoisotopic (exact) mass is 331 g/mol. The van der Waals surface area contributed by atoms with Crippen molar-refractivity contribution in [3.63, 3.8) is 0 Å². The minimum Gasteiger partial charge on any atom is -0.373 e. The van der Waals surface area contributed by atoms with Gasteiger partial charge in [0.1, 0.15) is 5.82 Å². The first-order chi connectivity index (χ1) is 11.3. The van der Waals surface area contributed by atoms with E-state index in [1.165, 1.54) is 4.88 Å². The summed E-state index contributed by atoms with van der Waals surface area (Å²) < 4.78 is 8.01. The number of thiophene rings is 1. The molecule has 2 aromatic heterocycles. The summed E-state index contributed by atoms with van der Waals surface area (Å²) in [5.41, 5.74) is 0. The van der Waals surface area contributed by atoms with Gasteiger partial charge < -0.3 is 14.6 Å². The fraction of sp³-hybridized carbons (Fsp3) is 0.529. The van der Waals surface area contributed by atoms with Crippen molar-refractivity contribution < 1.29 is 9.53 Å². The van der Waals surface area contributed by atoms with E-state index < -0.39 is 0 Å². The molecule has 1 amide bonds. The molecule has 2 aliphatic rings. The Kier molecular flexibility index (Phi) is 4.18. The molecule has 0 spiro atoms. The van der Waals surface area contributed by atoms with Crippen LogP contribution in [-0.2, 0) is 22.5 Å². The largest absolute Gasteiger partial charge is 0.373 e. The molecule has 23 heavy (non-hydrogen) atoms. The SMILES string of the molecule is O=C(N[C@@H]1CCO[C@@H](c2cccs2)C1)C1CCn2ccnc2C1. The lowest BCUT2D eigenvalue weighted by atomic mass is 9.95. The summed E-state index contributed by atoms with van der Waals surface area (Å²) >= 11 is 1.72. The van der Waals surface area contributed by atoms with Crippen molar-refractivity contribution in [1.82, 2.24) is 14.9 Å².